The Bertz CT molecular complexity index is 766. The zero-order chi connectivity index (χ0) is 18.2. The van der Waals surface area contributed by atoms with Gasteiger partial charge in [-0.25, -0.2) is 0 Å². The molecule has 2 amide bonds. The Morgan fingerprint density at radius 1 is 1.32 bits per heavy atom. The minimum Gasteiger partial charge on any atom is -0.466 e. The molecule has 0 spiro atoms. The smallest absolute Gasteiger partial charge is 0.262 e. The molecule has 1 saturated heterocycles. The molecule has 134 valence electrons. The zero-order valence-electron chi connectivity index (χ0n) is 14.6. The van der Waals surface area contributed by atoms with Gasteiger partial charge in [-0.3, -0.25) is 9.59 Å². The summed E-state index contributed by atoms with van der Waals surface area (Å²) in [6.07, 6.45) is 0. The lowest BCUT2D eigenvalue weighted by Gasteiger charge is -2.30. The van der Waals surface area contributed by atoms with E-state index < -0.39 is 5.54 Å². The van der Waals surface area contributed by atoms with Crippen molar-refractivity contribution in [1.82, 2.24) is 10.2 Å². The maximum absolute atomic E-state index is 12.9. The number of likely N-dealkylation sites (tertiary alicyclic amines) is 1. The van der Waals surface area contributed by atoms with E-state index in [0.29, 0.717) is 18.0 Å². The largest absolute Gasteiger partial charge is 0.466 e. The second-order valence-electron chi connectivity index (χ2n) is 6.99. The number of aryl methyl sites for hydroxylation is 1. The third-order valence-corrected chi connectivity index (χ3v) is 5.35. The second-order valence-corrected chi connectivity index (χ2v) is 7.93. The van der Waals surface area contributed by atoms with Crippen LogP contribution in [0.3, 0.4) is 0 Å². The molecule has 0 saturated carbocycles. The van der Waals surface area contributed by atoms with E-state index >= 15 is 0 Å². The van der Waals surface area contributed by atoms with Crippen LogP contribution in [-0.2, 0) is 4.79 Å². The number of thiophene rings is 1. The number of nitrogens with two attached hydrogens (primary N) is 1. The molecular weight excluding hydrogens is 338 g/mol. The summed E-state index contributed by atoms with van der Waals surface area (Å²) in [4.78, 5) is 27.5. The first-order valence-electron chi connectivity index (χ1n) is 8.25. The van der Waals surface area contributed by atoms with Crippen LogP contribution in [0.1, 0.15) is 41.0 Å². The van der Waals surface area contributed by atoms with Gasteiger partial charge in [-0.05, 0) is 44.4 Å². The van der Waals surface area contributed by atoms with E-state index in [-0.39, 0.29) is 23.8 Å². The van der Waals surface area contributed by atoms with Gasteiger partial charge in [-0.1, -0.05) is 6.07 Å². The standard InChI is InChI=1S/C18H23N3O3S/c1-11-6-7-14(24-11)12-9-21(10-13(12)19)17(23)18(2,3)20-16(22)15-5-4-8-25-15/h4-8,12-13H,9-10,19H2,1-3H3,(H,20,22)/t12-,13-/m1/s1. The van der Waals surface area contributed by atoms with E-state index in [1.165, 1.54) is 11.3 Å². The quantitative estimate of drug-likeness (QED) is 0.873. The Morgan fingerprint density at radius 3 is 2.68 bits per heavy atom. The highest BCUT2D eigenvalue weighted by Crippen LogP contribution is 2.29. The Hall–Kier alpha value is -2.12. The third kappa shape index (κ3) is 3.62. The Balaban J connectivity index is 1.68. The van der Waals surface area contributed by atoms with Crippen LogP contribution in [0.5, 0.6) is 0 Å². The van der Waals surface area contributed by atoms with Gasteiger partial charge in [-0.2, -0.15) is 0 Å². The maximum Gasteiger partial charge on any atom is 0.262 e. The summed E-state index contributed by atoms with van der Waals surface area (Å²) in [6, 6.07) is 7.18. The monoisotopic (exact) mass is 361 g/mol. The number of nitrogens with one attached hydrogen (secondary N) is 1. The molecule has 25 heavy (non-hydrogen) atoms. The molecule has 1 aliphatic heterocycles. The zero-order valence-corrected chi connectivity index (χ0v) is 15.4. The molecule has 3 rings (SSSR count). The van der Waals surface area contributed by atoms with Crippen molar-refractivity contribution in [2.75, 3.05) is 13.1 Å². The Morgan fingerprint density at radius 2 is 2.08 bits per heavy atom. The van der Waals surface area contributed by atoms with Gasteiger partial charge in [0.25, 0.3) is 5.91 Å². The molecular formula is C18H23N3O3S. The van der Waals surface area contributed by atoms with Crippen LogP contribution in [0.2, 0.25) is 0 Å². The molecule has 3 heterocycles. The fourth-order valence-electron chi connectivity index (χ4n) is 3.15. The highest BCUT2D eigenvalue weighted by atomic mass is 32.1. The van der Waals surface area contributed by atoms with E-state index in [9.17, 15) is 9.59 Å². The molecule has 0 unspecified atom stereocenters. The van der Waals surface area contributed by atoms with Crippen molar-refractivity contribution in [3.63, 3.8) is 0 Å². The first-order valence-corrected chi connectivity index (χ1v) is 9.13. The lowest BCUT2D eigenvalue weighted by Crippen LogP contribution is -2.55. The Labute approximate surface area is 151 Å². The summed E-state index contributed by atoms with van der Waals surface area (Å²) >= 11 is 1.35. The first kappa shape index (κ1) is 17.7. The molecule has 2 aromatic rings. The average molecular weight is 361 g/mol. The minimum absolute atomic E-state index is 0.0264. The van der Waals surface area contributed by atoms with Crippen LogP contribution < -0.4 is 11.1 Å². The molecule has 0 aliphatic carbocycles. The van der Waals surface area contributed by atoms with Crippen LogP contribution in [0.25, 0.3) is 0 Å². The molecule has 1 aliphatic rings. The molecule has 2 atom stereocenters. The minimum atomic E-state index is -1.01. The van der Waals surface area contributed by atoms with Crippen LogP contribution in [0.15, 0.2) is 34.1 Å². The first-order chi connectivity index (χ1) is 11.8. The molecule has 0 aromatic carbocycles. The van der Waals surface area contributed by atoms with Gasteiger partial charge in [0.2, 0.25) is 5.91 Å². The predicted molar refractivity (Wildman–Crippen MR) is 96.6 cm³/mol. The van der Waals surface area contributed by atoms with E-state index in [4.69, 9.17) is 10.2 Å². The van der Waals surface area contributed by atoms with Crippen molar-refractivity contribution >= 4 is 23.2 Å². The summed E-state index contributed by atoms with van der Waals surface area (Å²) in [7, 11) is 0. The highest BCUT2D eigenvalue weighted by Gasteiger charge is 2.41. The fraction of sp³-hybridized carbons (Fsp3) is 0.444. The van der Waals surface area contributed by atoms with Crippen molar-refractivity contribution in [2.45, 2.75) is 38.3 Å². The fourth-order valence-corrected chi connectivity index (χ4v) is 3.77. The molecule has 7 heteroatoms. The van der Waals surface area contributed by atoms with Crippen molar-refractivity contribution < 1.29 is 14.0 Å². The summed E-state index contributed by atoms with van der Waals surface area (Å²) in [6.45, 7) is 6.26. The summed E-state index contributed by atoms with van der Waals surface area (Å²) in [5.74, 6) is 1.23. The van der Waals surface area contributed by atoms with Crippen LogP contribution in [0, 0.1) is 6.92 Å². The van der Waals surface area contributed by atoms with Gasteiger partial charge in [0, 0.05) is 19.1 Å². The Kier molecular flexibility index (Phi) is 4.71. The molecule has 2 aromatic heterocycles. The number of nitrogens with zero attached hydrogens (tertiary/aromatic N) is 1. The average Bonchev–Trinajstić information content (AvgIpc) is 3.26. The number of carbonyl (C=O) groups is 2. The van der Waals surface area contributed by atoms with E-state index in [1.54, 1.807) is 24.8 Å². The third-order valence-electron chi connectivity index (χ3n) is 4.48. The summed E-state index contributed by atoms with van der Waals surface area (Å²) in [5.41, 5.74) is 5.23. The maximum atomic E-state index is 12.9. The number of hydrogen-bond donors (Lipinski definition) is 2. The molecule has 0 radical (unpaired) electrons. The van der Waals surface area contributed by atoms with Crippen LogP contribution in [-0.4, -0.2) is 41.4 Å². The van der Waals surface area contributed by atoms with E-state index in [0.717, 1.165) is 11.5 Å². The van der Waals surface area contributed by atoms with Gasteiger partial charge in [-0.15, -0.1) is 11.3 Å². The highest BCUT2D eigenvalue weighted by molar-refractivity contribution is 7.12. The number of rotatable bonds is 4. The summed E-state index contributed by atoms with van der Waals surface area (Å²) in [5, 5.41) is 4.66. The number of furan rings is 1. The van der Waals surface area contributed by atoms with Crippen molar-refractivity contribution in [3.8, 4) is 0 Å². The SMILES string of the molecule is Cc1ccc([C@@H]2CN(C(=O)C(C)(C)NC(=O)c3cccs3)C[C@H]2N)o1. The van der Waals surface area contributed by atoms with Gasteiger partial charge in [0.1, 0.15) is 17.1 Å². The number of amides is 2. The van der Waals surface area contributed by atoms with Gasteiger partial charge >= 0.3 is 0 Å². The molecule has 1 fully saturated rings. The number of carbonyl (C=O) groups excluding carboxylic acids is 2. The van der Waals surface area contributed by atoms with Crippen LogP contribution in [0.4, 0.5) is 0 Å². The summed E-state index contributed by atoms with van der Waals surface area (Å²) < 4.78 is 5.68. The van der Waals surface area contributed by atoms with Gasteiger partial charge < -0.3 is 20.4 Å². The van der Waals surface area contributed by atoms with Crippen molar-refractivity contribution in [1.29, 1.82) is 0 Å². The van der Waals surface area contributed by atoms with Gasteiger partial charge in [0.15, 0.2) is 0 Å². The number of hydrogen-bond acceptors (Lipinski definition) is 5. The predicted octanol–water partition coefficient (Wildman–Crippen LogP) is 2.11. The van der Waals surface area contributed by atoms with Gasteiger partial charge in [0.05, 0.1) is 10.8 Å². The van der Waals surface area contributed by atoms with Crippen LogP contribution >= 0.6 is 11.3 Å². The molecule has 3 N–H and O–H groups in total. The lowest BCUT2D eigenvalue weighted by atomic mass is 10.0. The normalized spacial score (nSPS) is 20.7. The topological polar surface area (TPSA) is 88.6 Å². The molecule has 6 nitrogen and oxygen atoms in total. The van der Waals surface area contributed by atoms with E-state index in [1.807, 2.05) is 30.5 Å². The van der Waals surface area contributed by atoms with Crippen molar-refractivity contribution in [2.24, 2.45) is 5.73 Å². The van der Waals surface area contributed by atoms with Crippen molar-refractivity contribution in [3.05, 3.63) is 46.0 Å². The van der Waals surface area contributed by atoms with E-state index in [2.05, 4.69) is 5.32 Å². The second kappa shape index (κ2) is 6.65. The molecule has 0 bridgehead atoms. The lowest BCUT2D eigenvalue weighted by molar-refractivity contribution is -0.135.